The van der Waals surface area contributed by atoms with Crippen molar-refractivity contribution in [1.82, 2.24) is 10.3 Å². The van der Waals surface area contributed by atoms with E-state index in [9.17, 15) is 36.3 Å². The molecule has 2 N–H and O–H groups in total. The predicted octanol–water partition coefficient (Wildman–Crippen LogP) is 3.22. The van der Waals surface area contributed by atoms with E-state index in [0.29, 0.717) is 6.07 Å². The van der Waals surface area contributed by atoms with Gasteiger partial charge in [0, 0.05) is 6.07 Å². The fraction of sp³-hybridized carbons (Fsp3) is 0.368. The molecule has 1 aromatic carbocycles. The first kappa shape index (κ1) is 24.8. The molecular weight excluding hydrogens is 445 g/mol. The maximum Gasteiger partial charge on any atom is 0.437 e. The standard InChI is InChI=1S/C19H18F5N3O5/c1-3-12(25-13(28)7-9-5-10(20)8-11(21)6-9)16(29)27-18-26-15(19(22,23)24)14(32-18)17(30)31-4-2/h5-6,8,12H,3-4,7H2,1-2H3,(H,25,28)(H,26,27,29). The Labute approximate surface area is 178 Å². The van der Waals surface area contributed by atoms with Crippen molar-refractivity contribution < 1.29 is 45.5 Å². The van der Waals surface area contributed by atoms with Crippen LogP contribution in [0.25, 0.3) is 0 Å². The molecule has 0 saturated carbocycles. The third-order valence-corrected chi connectivity index (χ3v) is 3.93. The molecule has 1 atom stereocenters. The quantitative estimate of drug-likeness (QED) is 0.460. The van der Waals surface area contributed by atoms with Crippen molar-refractivity contribution in [2.45, 2.75) is 38.9 Å². The first-order valence-electron chi connectivity index (χ1n) is 9.24. The monoisotopic (exact) mass is 463 g/mol. The topological polar surface area (TPSA) is 111 Å². The summed E-state index contributed by atoms with van der Waals surface area (Å²) in [6.07, 6.45) is -5.51. The van der Waals surface area contributed by atoms with Gasteiger partial charge in [-0.25, -0.2) is 13.6 Å². The Hall–Kier alpha value is -3.51. The summed E-state index contributed by atoms with van der Waals surface area (Å²) >= 11 is 0. The van der Waals surface area contributed by atoms with Gasteiger partial charge in [-0.2, -0.15) is 18.2 Å². The van der Waals surface area contributed by atoms with Crippen LogP contribution in [0.1, 0.15) is 42.1 Å². The number of alkyl halides is 3. The lowest BCUT2D eigenvalue weighted by molar-refractivity contribution is -0.141. The molecule has 0 saturated heterocycles. The molecule has 32 heavy (non-hydrogen) atoms. The van der Waals surface area contributed by atoms with Crippen molar-refractivity contribution in [3.05, 3.63) is 46.9 Å². The molecule has 0 radical (unpaired) electrons. The van der Waals surface area contributed by atoms with Gasteiger partial charge in [0.15, 0.2) is 5.69 Å². The Kier molecular flexibility index (Phi) is 7.89. The zero-order valence-corrected chi connectivity index (χ0v) is 16.8. The number of hydrogen-bond acceptors (Lipinski definition) is 6. The number of carbonyl (C=O) groups is 3. The van der Waals surface area contributed by atoms with Crippen molar-refractivity contribution in [2.24, 2.45) is 0 Å². The summed E-state index contributed by atoms with van der Waals surface area (Å²) in [7, 11) is 0. The van der Waals surface area contributed by atoms with Gasteiger partial charge in [-0.15, -0.1) is 0 Å². The highest BCUT2D eigenvalue weighted by Gasteiger charge is 2.42. The van der Waals surface area contributed by atoms with Gasteiger partial charge in [0.1, 0.15) is 17.7 Å². The molecule has 0 fully saturated rings. The van der Waals surface area contributed by atoms with Crippen molar-refractivity contribution in [2.75, 3.05) is 11.9 Å². The van der Waals surface area contributed by atoms with E-state index in [2.05, 4.69) is 15.0 Å². The second-order valence-electron chi connectivity index (χ2n) is 6.39. The molecule has 0 aliphatic heterocycles. The third-order valence-electron chi connectivity index (χ3n) is 3.93. The normalized spacial score (nSPS) is 12.2. The number of halogens is 5. The van der Waals surface area contributed by atoms with Crippen LogP contribution in [0, 0.1) is 11.6 Å². The lowest BCUT2D eigenvalue weighted by Crippen LogP contribution is -2.44. The molecule has 0 aliphatic rings. The average molecular weight is 463 g/mol. The van der Waals surface area contributed by atoms with Gasteiger partial charge in [0.2, 0.25) is 11.7 Å². The average Bonchev–Trinajstić information content (AvgIpc) is 3.09. The third kappa shape index (κ3) is 6.49. The van der Waals surface area contributed by atoms with E-state index in [1.807, 2.05) is 5.32 Å². The minimum atomic E-state index is -5.06. The number of benzene rings is 1. The Balaban J connectivity index is 2.12. The zero-order valence-electron chi connectivity index (χ0n) is 16.8. The highest BCUT2D eigenvalue weighted by molar-refractivity contribution is 5.96. The number of esters is 1. The molecule has 1 aromatic heterocycles. The second-order valence-corrected chi connectivity index (χ2v) is 6.39. The van der Waals surface area contributed by atoms with Crippen molar-refractivity contribution in [1.29, 1.82) is 0 Å². The van der Waals surface area contributed by atoms with E-state index < -0.39 is 65.5 Å². The first-order chi connectivity index (χ1) is 14.9. The van der Waals surface area contributed by atoms with E-state index in [0.717, 1.165) is 12.1 Å². The highest BCUT2D eigenvalue weighted by Crippen LogP contribution is 2.33. The number of rotatable bonds is 8. The van der Waals surface area contributed by atoms with Crippen LogP contribution < -0.4 is 10.6 Å². The maximum absolute atomic E-state index is 13.2. The number of amides is 2. The fourth-order valence-electron chi connectivity index (χ4n) is 2.59. The Morgan fingerprint density at radius 3 is 2.28 bits per heavy atom. The van der Waals surface area contributed by atoms with E-state index >= 15 is 0 Å². The summed E-state index contributed by atoms with van der Waals surface area (Å²) in [6, 6.07) is 0.330. The molecule has 0 aliphatic carbocycles. The largest absolute Gasteiger partial charge is 0.460 e. The van der Waals surface area contributed by atoms with Crippen molar-refractivity contribution in [3.63, 3.8) is 0 Å². The molecule has 8 nitrogen and oxygen atoms in total. The summed E-state index contributed by atoms with van der Waals surface area (Å²) < 4.78 is 75.0. The highest BCUT2D eigenvalue weighted by atomic mass is 19.4. The SMILES string of the molecule is CCOC(=O)c1oc(NC(=O)C(CC)NC(=O)Cc2cc(F)cc(F)c2)nc1C(F)(F)F. The first-order valence-corrected chi connectivity index (χ1v) is 9.24. The van der Waals surface area contributed by atoms with E-state index in [1.165, 1.54) is 13.8 Å². The Morgan fingerprint density at radius 2 is 1.75 bits per heavy atom. The molecule has 2 aromatic rings. The molecule has 0 spiro atoms. The number of nitrogens with zero attached hydrogens (tertiary/aromatic N) is 1. The zero-order chi connectivity index (χ0) is 24.1. The van der Waals surface area contributed by atoms with E-state index in [4.69, 9.17) is 4.42 Å². The fourth-order valence-corrected chi connectivity index (χ4v) is 2.59. The van der Waals surface area contributed by atoms with Gasteiger partial charge in [0.05, 0.1) is 13.0 Å². The number of carbonyl (C=O) groups excluding carboxylic acids is 3. The van der Waals surface area contributed by atoms with Crippen LogP contribution in [0.15, 0.2) is 22.6 Å². The molecular formula is C19H18F5N3O5. The molecule has 1 unspecified atom stereocenters. The molecule has 0 bridgehead atoms. The number of ether oxygens (including phenoxy) is 1. The summed E-state index contributed by atoms with van der Waals surface area (Å²) in [4.78, 5) is 39.3. The smallest absolute Gasteiger partial charge is 0.437 e. The van der Waals surface area contributed by atoms with Crippen molar-refractivity contribution in [3.8, 4) is 0 Å². The number of hydrogen-bond donors (Lipinski definition) is 2. The minimum absolute atomic E-state index is 0.00660. The van der Waals surface area contributed by atoms with Crippen LogP contribution in [0.2, 0.25) is 0 Å². The van der Waals surface area contributed by atoms with Crippen LogP contribution in [0.3, 0.4) is 0 Å². The summed E-state index contributed by atoms with van der Waals surface area (Å²) in [5.41, 5.74) is -1.67. The van der Waals surface area contributed by atoms with Gasteiger partial charge in [-0.05, 0) is 31.0 Å². The number of nitrogens with one attached hydrogen (secondary N) is 2. The van der Waals surface area contributed by atoms with Crippen LogP contribution in [0.4, 0.5) is 28.0 Å². The van der Waals surface area contributed by atoms with Crippen molar-refractivity contribution >= 4 is 23.8 Å². The van der Waals surface area contributed by atoms with Gasteiger partial charge >= 0.3 is 18.2 Å². The van der Waals surface area contributed by atoms with Crippen LogP contribution >= 0.6 is 0 Å². The number of anilines is 1. The summed E-state index contributed by atoms with van der Waals surface area (Å²) in [6.45, 7) is 2.64. The predicted molar refractivity (Wildman–Crippen MR) is 98.4 cm³/mol. The van der Waals surface area contributed by atoms with Crippen LogP contribution in [-0.4, -0.2) is 35.4 Å². The molecule has 1 heterocycles. The lowest BCUT2D eigenvalue weighted by atomic mass is 10.1. The number of aromatic nitrogens is 1. The minimum Gasteiger partial charge on any atom is -0.460 e. The van der Waals surface area contributed by atoms with E-state index in [1.54, 1.807) is 0 Å². The van der Waals surface area contributed by atoms with Crippen LogP contribution in [0.5, 0.6) is 0 Å². The lowest BCUT2D eigenvalue weighted by Gasteiger charge is -2.15. The molecule has 13 heteroatoms. The maximum atomic E-state index is 13.2. The molecule has 2 amide bonds. The Morgan fingerprint density at radius 1 is 1.12 bits per heavy atom. The summed E-state index contributed by atoms with van der Waals surface area (Å²) in [5, 5.41) is 4.24. The van der Waals surface area contributed by atoms with Gasteiger partial charge < -0.3 is 14.5 Å². The molecule has 174 valence electrons. The van der Waals surface area contributed by atoms with E-state index in [-0.39, 0.29) is 18.6 Å². The summed E-state index contributed by atoms with van der Waals surface area (Å²) in [5.74, 6) is -6.20. The Bertz CT molecular complexity index is 985. The van der Waals surface area contributed by atoms with Gasteiger partial charge in [-0.3, -0.25) is 14.9 Å². The van der Waals surface area contributed by atoms with Crippen LogP contribution in [-0.2, 0) is 26.9 Å². The molecule has 2 rings (SSSR count). The van der Waals surface area contributed by atoms with Gasteiger partial charge in [-0.1, -0.05) is 6.92 Å². The second kappa shape index (κ2) is 10.2. The number of oxazole rings is 1. The van der Waals surface area contributed by atoms with Gasteiger partial charge in [0.25, 0.3) is 5.91 Å².